The van der Waals surface area contributed by atoms with Gasteiger partial charge in [0.1, 0.15) is 4.21 Å². The van der Waals surface area contributed by atoms with Crippen molar-refractivity contribution in [3.63, 3.8) is 0 Å². The minimum absolute atomic E-state index is 0.244. The molecule has 6 nitrogen and oxygen atoms in total. The minimum Gasteiger partial charge on any atom is -0.279 e. The van der Waals surface area contributed by atoms with Crippen molar-refractivity contribution < 1.29 is 13.2 Å². The molecule has 140 valence electrons. The van der Waals surface area contributed by atoms with Crippen LogP contribution >= 0.6 is 11.3 Å². The third-order valence-electron chi connectivity index (χ3n) is 3.55. The Morgan fingerprint density at radius 1 is 1.08 bits per heavy atom. The molecule has 0 aliphatic rings. The van der Waals surface area contributed by atoms with Gasteiger partial charge in [-0.05, 0) is 48.6 Å². The summed E-state index contributed by atoms with van der Waals surface area (Å²) < 4.78 is 27.1. The Bertz CT molecular complexity index is 834. The molecule has 1 amide bonds. The number of hydrogen-bond acceptors (Lipinski definition) is 5. The number of amides is 1. The van der Waals surface area contributed by atoms with E-state index in [0.29, 0.717) is 11.3 Å². The SMILES string of the molecule is CCCC(CCC)=NNC(=O)c1ccc(NS(=O)(=O)c2cccs2)cc1. The van der Waals surface area contributed by atoms with E-state index < -0.39 is 10.0 Å². The van der Waals surface area contributed by atoms with Gasteiger partial charge in [-0.3, -0.25) is 9.52 Å². The molecular formula is C18H23N3O3S2. The third-order valence-corrected chi connectivity index (χ3v) is 6.33. The smallest absolute Gasteiger partial charge is 0.271 e. The molecule has 2 N–H and O–H groups in total. The van der Waals surface area contributed by atoms with Gasteiger partial charge in [-0.2, -0.15) is 5.10 Å². The van der Waals surface area contributed by atoms with Crippen LogP contribution in [-0.4, -0.2) is 20.0 Å². The fourth-order valence-electron chi connectivity index (χ4n) is 2.32. The van der Waals surface area contributed by atoms with Crippen LogP contribution in [0.4, 0.5) is 5.69 Å². The van der Waals surface area contributed by atoms with E-state index in [1.807, 2.05) is 0 Å². The van der Waals surface area contributed by atoms with Crippen LogP contribution in [0.3, 0.4) is 0 Å². The summed E-state index contributed by atoms with van der Waals surface area (Å²) >= 11 is 1.14. The Morgan fingerprint density at radius 3 is 2.27 bits per heavy atom. The molecule has 0 aliphatic heterocycles. The number of hydrogen-bond donors (Lipinski definition) is 2. The van der Waals surface area contributed by atoms with Gasteiger partial charge in [0.05, 0.1) is 0 Å². The van der Waals surface area contributed by atoms with Gasteiger partial charge in [0.2, 0.25) is 0 Å². The molecule has 0 unspecified atom stereocenters. The van der Waals surface area contributed by atoms with Crippen LogP contribution in [-0.2, 0) is 10.0 Å². The number of nitrogens with one attached hydrogen (secondary N) is 2. The number of sulfonamides is 1. The monoisotopic (exact) mass is 393 g/mol. The van der Waals surface area contributed by atoms with Crippen molar-refractivity contribution in [2.24, 2.45) is 5.10 Å². The van der Waals surface area contributed by atoms with Crippen molar-refractivity contribution in [2.45, 2.75) is 43.7 Å². The number of carbonyl (C=O) groups is 1. The first-order valence-electron chi connectivity index (χ1n) is 8.48. The van der Waals surface area contributed by atoms with Crippen LogP contribution in [0, 0.1) is 0 Å². The molecule has 0 fully saturated rings. The average Bonchev–Trinajstić information content (AvgIpc) is 3.16. The summed E-state index contributed by atoms with van der Waals surface area (Å²) in [6, 6.07) is 9.47. The molecular weight excluding hydrogens is 370 g/mol. The lowest BCUT2D eigenvalue weighted by Gasteiger charge is -2.08. The van der Waals surface area contributed by atoms with E-state index >= 15 is 0 Å². The number of carbonyl (C=O) groups excluding carboxylic acids is 1. The zero-order valence-corrected chi connectivity index (χ0v) is 16.5. The van der Waals surface area contributed by atoms with E-state index in [4.69, 9.17) is 0 Å². The molecule has 0 atom stereocenters. The first-order chi connectivity index (χ1) is 12.5. The van der Waals surface area contributed by atoms with Crippen LogP contribution in [0.2, 0.25) is 0 Å². The predicted molar refractivity (Wildman–Crippen MR) is 106 cm³/mol. The summed E-state index contributed by atoms with van der Waals surface area (Å²) in [5.41, 5.74) is 4.36. The van der Waals surface area contributed by atoms with Crippen LogP contribution in [0.25, 0.3) is 0 Å². The second kappa shape index (κ2) is 9.49. The lowest BCUT2D eigenvalue weighted by molar-refractivity contribution is 0.0954. The van der Waals surface area contributed by atoms with Gasteiger partial charge >= 0.3 is 0 Å². The van der Waals surface area contributed by atoms with Crippen molar-refractivity contribution in [1.82, 2.24) is 5.43 Å². The van der Waals surface area contributed by atoms with Crippen LogP contribution < -0.4 is 10.1 Å². The van der Waals surface area contributed by atoms with Crippen LogP contribution in [0.1, 0.15) is 49.9 Å². The van der Waals surface area contributed by atoms with E-state index in [1.54, 1.807) is 35.7 Å². The molecule has 1 heterocycles. The van der Waals surface area contributed by atoms with Crippen molar-refractivity contribution in [2.75, 3.05) is 4.72 Å². The summed E-state index contributed by atoms with van der Waals surface area (Å²) in [7, 11) is -3.59. The van der Waals surface area contributed by atoms with Crippen LogP contribution in [0.15, 0.2) is 51.1 Å². The molecule has 8 heteroatoms. The lowest BCUT2D eigenvalue weighted by Crippen LogP contribution is -2.20. The topological polar surface area (TPSA) is 87.6 Å². The van der Waals surface area contributed by atoms with Crippen molar-refractivity contribution >= 4 is 38.7 Å². The zero-order chi connectivity index (χ0) is 19.0. The van der Waals surface area contributed by atoms with Crippen LogP contribution in [0.5, 0.6) is 0 Å². The minimum atomic E-state index is -3.59. The van der Waals surface area contributed by atoms with Gasteiger partial charge in [0.15, 0.2) is 0 Å². The number of hydrazone groups is 1. The Morgan fingerprint density at radius 2 is 1.73 bits per heavy atom. The van der Waals surface area contributed by atoms with Crippen molar-refractivity contribution in [3.05, 3.63) is 47.3 Å². The summed E-state index contributed by atoms with van der Waals surface area (Å²) in [6.45, 7) is 4.14. The normalized spacial score (nSPS) is 11.0. The molecule has 0 radical (unpaired) electrons. The second-order valence-electron chi connectivity index (χ2n) is 5.73. The first-order valence-corrected chi connectivity index (χ1v) is 10.8. The molecule has 0 aliphatic carbocycles. The quantitative estimate of drug-likeness (QED) is 0.493. The van der Waals surface area contributed by atoms with Gasteiger partial charge in [0, 0.05) is 17.0 Å². The highest BCUT2D eigenvalue weighted by molar-refractivity contribution is 7.94. The summed E-state index contributed by atoms with van der Waals surface area (Å²) in [4.78, 5) is 12.2. The molecule has 0 saturated heterocycles. The van der Waals surface area contributed by atoms with E-state index in [0.717, 1.165) is 42.7 Å². The molecule has 0 bridgehead atoms. The first kappa shape index (κ1) is 20.1. The number of benzene rings is 1. The van der Waals surface area contributed by atoms with E-state index in [2.05, 4.69) is 29.1 Å². The number of rotatable bonds is 9. The standard InChI is InChI=1S/C18H23N3O3S2/c1-3-6-15(7-4-2)19-20-18(22)14-9-11-16(12-10-14)21-26(23,24)17-8-5-13-25-17/h5,8-13,21H,3-4,6-7H2,1-2H3,(H,20,22). The highest BCUT2D eigenvalue weighted by Gasteiger charge is 2.15. The second-order valence-corrected chi connectivity index (χ2v) is 8.59. The molecule has 2 aromatic rings. The summed E-state index contributed by atoms with van der Waals surface area (Å²) in [5.74, 6) is -0.317. The summed E-state index contributed by atoms with van der Waals surface area (Å²) in [6.07, 6.45) is 3.68. The van der Waals surface area contributed by atoms with Crippen molar-refractivity contribution in [1.29, 1.82) is 0 Å². The fraction of sp³-hybridized carbons (Fsp3) is 0.333. The Labute approximate surface area is 158 Å². The van der Waals surface area contributed by atoms with E-state index in [1.165, 1.54) is 6.07 Å². The molecule has 0 spiro atoms. The molecule has 1 aromatic heterocycles. The van der Waals surface area contributed by atoms with Gasteiger partial charge in [-0.15, -0.1) is 11.3 Å². The van der Waals surface area contributed by atoms with E-state index in [9.17, 15) is 13.2 Å². The maximum atomic E-state index is 12.2. The van der Waals surface area contributed by atoms with E-state index in [-0.39, 0.29) is 10.1 Å². The highest BCUT2D eigenvalue weighted by Crippen LogP contribution is 2.20. The maximum absolute atomic E-state index is 12.2. The Hall–Kier alpha value is -2.19. The average molecular weight is 394 g/mol. The molecule has 2 rings (SSSR count). The van der Waals surface area contributed by atoms with Gasteiger partial charge < -0.3 is 0 Å². The van der Waals surface area contributed by atoms with Gasteiger partial charge in [-0.1, -0.05) is 32.8 Å². The summed E-state index contributed by atoms with van der Waals surface area (Å²) in [5, 5.41) is 5.90. The zero-order valence-electron chi connectivity index (χ0n) is 14.9. The number of anilines is 1. The third kappa shape index (κ3) is 5.67. The molecule has 1 aromatic carbocycles. The largest absolute Gasteiger partial charge is 0.279 e. The van der Waals surface area contributed by atoms with Gasteiger partial charge in [-0.25, -0.2) is 13.8 Å². The lowest BCUT2D eigenvalue weighted by atomic mass is 10.1. The van der Waals surface area contributed by atoms with Gasteiger partial charge in [0.25, 0.3) is 15.9 Å². The highest BCUT2D eigenvalue weighted by atomic mass is 32.2. The maximum Gasteiger partial charge on any atom is 0.271 e. The fourth-order valence-corrected chi connectivity index (χ4v) is 4.37. The molecule has 0 saturated carbocycles. The Balaban J connectivity index is 2.02. The number of nitrogens with zero attached hydrogens (tertiary/aromatic N) is 1. The number of thiophene rings is 1. The predicted octanol–water partition coefficient (Wildman–Crippen LogP) is 4.23. The molecule has 26 heavy (non-hydrogen) atoms. The Kier molecular flexibility index (Phi) is 7.35. The van der Waals surface area contributed by atoms with Crippen molar-refractivity contribution in [3.8, 4) is 0 Å².